The molecule has 2 aromatic rings. The maximum absolute atomic E-state index is 12.5. The van der Waals surface area contributed by atoms with Crippen LogP contribution in [0.15, 0.2) is 34.2 Å². The molecule has 0 spiro atoms. The highest BCUT2D eigenvalue weighted by molar-refractivity contribution is 8.00. The molecule has 0 saturated carbocycles. The Morgan fingerprint density at radius 1 is 1.31 bits per heavy atom. The lowest BCUT2D eigenvalue weighted by Crippen LogP contribution is -2.23. The van der Waals surface area contributed by atoms with E-state index in [0.29, 0.717) is 10.9 Å². The number of aryl methyl sites for hydroxylation is 2. The monoisotopic (exact) mass is 391 g/mol. The van der Waals surface area contributed by atoms with Crippen molar-refractivity contribution >= 4 is 35.1 Å². The second kappa shape index (κ2) is 9.83. The van der Waals surface area contributed by atoms with E-state index in [1.807, 2.05) is 39.0 Å². The number of rotatable bonds is 8. The minimum atomic E-state index is -0.378. The van der Waals surface area contributed by atoms with E-state index in [1.54, 1.807) is 11.8 Å². The largest absolute Gasteiger partial charge is 0.325 e. The van der Waals surface area contributed by atoms with Crippen molar-refractivity contribution in [3.63, 3.8) is 0 Å². The fraction of sp³-hybridized carbons (Fsp3) is 0.421. The SMILES string of the molecule is CCCSCc1cc(=O)[nH]c(SC(C)C(=O)Nc2cc(C)ccc2C)n1. The van der Waals surface area contributed by atoms with Crippen LogP contribution in [0.3, 0.4) is 0 Å². The molecule has 2 rings (SSSR count). The van der Waals surface area contributed by atoms with E-state index >= 15 is 0 Å². The Morgan fingerprint density at radius 2 is 2.08 bits per heavy atom. The van der Waals surface area contributed by atoms with Crippen LogP contribution in [0.1, 0.15) is 37.1 Å². The molecule has 7 heteroatoms. The second-order valence-electron chi connectivity index (χ2n) is 6.16. The van der Waals surface area contributed by atoms with Crippen LogP contribution in [0.25, 0.3) is 0 Å². The number of aromatic amines is 1. The van der Waals surface area contributed by atoms with Crippen molar-refractivity contribution in [2.24, 2.45) is 0 Å². The first-order chi connectivity index (χ1) is 12.4. The first-order valence-electron chi connectivity index (χ1n) is 8.61. The summed E-state index contributed by atoms with van der Waals surface area (Å²) in [5.41, 5.74) is 3.49. The Labute approximate surface area is 162 Å². The molecule has 26 heavy (non-hydrogen) atoms. The van der Waals surface area contributed by atoms with Gasteiger partial charge < -0.3 is 10.3 Å². The molecule has 1 atom stereocenters. The number of carbonyl (C=O) groups excluding carboxylic acids is 1. The first-order valence-corrected chi connectivity index (χ1v) is 10.6. The van der Waals surface area contributed by atoms with Crippen LogP contribution in [0, 0.1) is 13.8 Å². The average molecular weight is 392 g/mol. The third-order valence-electron chi connectivity index (χ3n) is 3.68. The molecule has 0 radical (unpaired) electrons. The smallest absolute Gasteiger partial charge is 0.251 e. The van der Waals surface area contributed by atoms with Gasteiger partial charge in [0, 0.05) is 17.5 Å². The summed E-state index contributed by atoms with van der Waals surface area (Å²) in [7, 11) is 0. The van der Waals surface area contributed by atoms with Gasteiger partial charge in [-0.2, -0.15) is 11.8 Å². The Morgan fingerprint density at radius 3 is 2.81 bits per heavy atom. The van der Waals surface area contributed by atoms with Gasteiger partial charge in [-0.3, -0.25) is 9.59 Å². The van der Waals surface area contributed by atoms with Gasteiger partial charge in [-0.15, -0.1) is 0 Å². The molecule has 1 aromatic carbocycles. The quantitative estimate of drug-likeness (QED) is 0.402. The fourth-order valence-electron chi connectivity index (χ4n) is 2.26. The number of H-pyrrole nitrogens is 1. The molecule has 1 unspecified atom stereocenters. The van der Waals surface area contributed by atoms with E-state index in [9.17, 15) is 9.59 Å². The highest BCUT2D eigenvalue weighted by Crippen LogP contribution is 2.22. The predicted octanol–water partition coefficient (Wildman–Crippen LogP) is 4.15. The van der Waals surface area contributed by atoms with Gasteiger partial charge in [0.15, 0.2) is 5.16 Å². The summed E-state index contributed by atoms with van der Waals surface area (Å²) in [5.74, 6) is 1.62. The third-order valence-corrected chi connectivity index (χ3v) is 5.86. The summed E-state index contributed by atoms with van der Waals surface area (Å²) >= 11 is 3.01. The minimum absolute atomic E-state index is 0.114. The summed E-state index contributed by atoms with van der Waals surface area (Å²) in [5, 5.41) is 3.06. The number of benzene rings is 1. The van der Waals surface area contributed by atoms with Crippen LogP contribution >= 0.6 is 23.5 Å². The van der Waals surface area contributed by atoms with Crippen molar-refractivity contribution in [3.8, 4) is 0 Å². The summed E-state index contributed by atoms with van der Waals surface area (Å²) < 4.78 is 0. The highest BCUT2D eigenvalue weighted by Gasteiger charge is 2.17. The number of thioether (sulfide) groups is 2. The number of nitrogens with zero attached hydrogens (tertiary/aromatic N) is 1. The van der Waals surface area contributed by atoms with E-state index in [2.05, 4.69) is 22.2 Å². The number of amides is 1. The number of nitrogens with one attached hydrogen (secondary N) is 2. The molecule has 0 saturated heterocycles. The zero-order valence-corrected chi connectivity index (χ0v) is 17.2. The van der Waals surface area contributed by atoms with Crippen molar-refractivity contribution in [2.45, 2.75) is 50.3 Å². The second-order valence-corrected chi connectivity index (χ2v) is 8.60. The number of carbonyl (C=O) groups is 1. The van der Waals surface area contributed by atoms with Crippen LogP contribution in [-0.2, 0) is 10.5 Å². The number of aromatic nitrogens is 2. The molecule has 0 aliphatic rings. The highest BCUT2D eigenvalue weighted by atomic mass is 32.2. The molecule has 0 aliphatic carbocycles. The summed E-state index contributed by atoms with van der Waals surface area (Å²) in [4.78, 5) is 31.5. The zero-order chi connectivity index (χ0) is 19.1. The Kier molecular flexibility index (Phi) is 7.78. The molecule has 1 amide bonds. The van der Waals surface area contributed by atoms with E-state index in [0.717, 1.165) is 34.7 Å². The predicted molar refractivity (Wildman–Crippen MR) is 111 cm³/mol. The Bertz CT molecular complexity index is 821. The average Bonchev–Trinajstić information content (AvgIpc) is 2.58. The molecule has 2 N–H and O–H groups in total. The Hall–Kier alpha value is -1.73. The fourth-order valence-corrected chi connectivity index (χ4v) is 3.88. The van der Waals surface area contributed by atoms with Crippen molar-refractivity contribution in [2.75, 3.05) is 11.1 Å². The zero-order valence-electron chi connectivity index (χ0n) is 15.6. The lowest BCUT2D eigenvalue weighted by molar-refractivity contribution is -0.115. The van der Waals surface area contributed by atoms with Gasteiger partial charge in [-0.05, 0) is 50.1 Å². The van der Waals surface area contributed by atoms with Crippen molar-refractivity contribution in [3.05, 3.63) is 51.4 Å². The van der Waals surface area contributed by atoms with Crippen molar-refractivity contribution in [1.82, 2.24) is 9.97 Å². The molecule has 140 valence electrons. The van der Waals surface area contributed by atoms with E-state index in [4.69, 9.17) is 0 Å². The third kappa shape index (κ3) is 6.21. The van der Waals surface area contributed by atoms with Crippen molar-refractivity contribution < 1.29 is 4.79 Å². The number of hydrogen-bond donors (Lipinski definition) is 2. The van der Waals surface area contributed by atoms with Crippen LogP contribution in [0.4, 0.5) is 5.69 Å². The molecular weight excluding hydrogens is 366 g/mol. The molecule has 1 aromatic heterocycles. The minimum Gasteiger partial charge on any atom is -0.325 e. The molecule has 0 fully saturated rings. The Balaban J connectivity index is 2.04. The van der Waals surface area contributed by atoms with Gasteiger partial charge in [0.25, 0.3) is 5.56 Å². The van der Waals surface area contributed by atoms with Crippen LogP contribution < -0.4 is 10.9 Å². The van der Waals surface area contributed by atoms with Gasteiger partial charge >= 0.3 is 0 Å². The first kappa shape index (κ1) is 20.6. The molecular formula is C19H25N3O2S2. The number of hydrogen-bond acceptors (Lipinski definition) is 5. The van der Waals surface area contributed by atoms with Gasteiger partial charge in [0.1, 0.15) is 0 Å². The normalized spacial score (nSPS) is 12.0. The van der Waals surface area contributed by atoms with Gasteiger partial charge in [0.2, 0.25) is 5.91 Å². The van der Waals surface area contributed by atoms with Crippen LogP contribution in [0.5, 0.6) is 0 Å². The number of anilines is 1. The summed E-state index contributed by atoms with van der Waals surface area (Å²) in [6.45, 7) is 7.88. The molecule has 0 aliphatic heterocycles. The van der Waals surface area contributed by atoms with Gasteiger partial charge in [0.05, 0.1) is 10.9 Å². The molecule has 0 bridgehead atoms. The van der Waals surface area contributed by atoms with Crippen LogP contribution in [0.2, 0.25) is 0 Å². The van der Waals surface area contributed by atoms with Gasteiger partial charge in [-0.1, -0.05) is 30.8 Å². The van der Waals surface area contributed by atoms with Crippen LogP contribution in [-0.4, -0.2) is 26.9 Å². The van der Waals surface area contributed by atoms with Crippen molar-refractivity contribution in [1.29, 1.82) is 0 Å². The molecule has 5 nitrogen and oxygen atoms in total. The topological polar surface area (TPSA) is 74.8 Å². The summed E-state index contributed by atoms with van der Waals surface area (Å²) in [6, 6.07) is 7.48. The standard InChI is InChI=1S/C19H25N3O2S2/c1-5-8-25-11-15-10-17(23)22-19(20-15)26-14(4)18(24)21-16-9-12(2)6-7-13(16)3/h6-7,9-10,14H,5,8,11H2,1-4H3,(H,21,24)(H,20,22,23). The van der Waals surface area contributed by atoms with E-state index < -0.39 is 0 Å². The van der Waals surface area contributed by atoms with E-state index in [1.165, 1.54) is 17.8 Å². The summed E-state index contributed by atoms with van der Waals surface area (Å²) in [6.07, 6.45) is 1.09. The lowest BCUT2D eigenvalue weighted by Gasteiger charge is -2.14. The maximum atomic E-state index is 12.5. The maximum Gasteiger partial charge on any atom is 0.251 e. The lowest BCUT2D eigenvalue weighted by atomic mass is 10.1. The van der Waals surface area contributed by atoms with E-state index in [-0.39, 0.29) is 16.7 Å². The van der Waals surface area contributed by atoms with Gasteiger partial charge in [-0.25, -0.2) is 4.98 Å². The molecule has 1 heterocycles.